The number of rotatable bonds is 7. The quantitative estimate of drug-likeness (QED) is 0.450. The van der Waals surface area contributed by atoms with Crippen LogP contribution in [0.3, 0.4) is 0 Å². The molecule has 0 unspecified atom stereocenters. The van der Waals surface area contributed by atoms with Crippen molar-refractivity contribution in [2.45, 2.75) is 128 Å². The van der Waals surface area contributed by atoms with Crippen LogP contribution in [0.5, 0.6) is 0 Å². The van der Waals surface area contributed by atoms with E-state index in [0.29, 0.717) is 6.04 Å². The Kier molecular flexibility index (Phi) is 8.33. The Balaban J connectivity index is 1.20. The average molecular weight is 410 g/mol. The zero-order valence-corrected chi connectivity index (χ0v) is 19.7. The molecule has 3 aliphatic rings. The molecule has 0 bridgehead atoms. The van der Waals surface area contributed by atoms with Crippen molar-refractivity contribution in [3.63, 3.8) is 0 Å². The van der Waals surface area contributed by atoms with Crippen LogP contribution < -0.4 is 5.73 Å². The number of hydrogen-bond acceptors (Lipinski definition) is 1. The molecule has 3 fully saturated rings. The van der Waals surface area contributed by atoms with E-state index in [1.54, 1.807) is 11.1 Å². The first kappa shape index (κ1) is 22.4. The van der Waals surface area contributed by atoms with Crippen molar-refractivity contribution < 1.29 is 0 Å². The van der Waals surface area contributed by atoms with Crippen molar-refractivity contribution in [2.24, 2.45) is 23.5 Å². The van der Waals surface area contributed by atoms with Gasteiger partial charge in [0.25, 0.3) is 0 Å². The molecule has 0 radical (unpaired) electrons. The summed E-state index contributed by atoms with van der Waals surface area (Å²) in [7, 11) is 0. The lowest BCUT2D eigenvalue weighted by Gasteiger charge is -2.38. The van der Waals surface area contributed by atoms with Gasteiger partial charge in [-0.2, -0.15) is 0 Å². The molecule has 0 saturated heterocycles. The maximum atomic E-state index is 6.09. The van der Waals surface area contributed by atoms with Crippen LogP contribution in [0.15, 0.2) is 24.3 Å². The van der Waals surface area contributed by atoms with Gasteiger partial charge in [-0.15, -0.1) is 0 Å². The molecule has 1 aromatic carbocycles. The van der Waals surface area contributed by atoms with Crippen LogP contribution in [-0.2, 0) is 0 Å². The fourth-order valence-electron chi connectivity index (χ4n) is 7.05. The molecule has 2 N–H and O–H groups in total. The summed E-state index contributed by atoms with van der Waals surface area (Å²) in [4.78, 5) is 0. The Labute approximate surface area is 186 Å². The topological polar surface area (TPSA) is 26.0 Å². The summed E-state index contributed by atoms with van der Waals surface area (Å²) in [5.74, 6) is 4.71. The summed E-state index contributed by atoms with van der Waals surface area (Å²) in [5, 5.41) is 0. The number of hydrogen-bond donors (Lipinski definition) is 1. The van der Waals surface area contributed by atoms with Gasteiger partial charge in [-0.05, 0) is 105 Å². The Morgan fingerprint density at radius 1 is 0.633 bits per heavy atom. The number of unbranched alkanes of at least 4 members (excludes halogenated alkanes) is 2. The van der Waals surface area contributed by atoms with Gasteiger partial charge in [0, 0.05) is 6.04 Å². The van der Waals surface area contributed by atoms with E-state index in [-0.39, 0.29) is 0 Å². The standard InChI is InChI=1S/C29H47N/c1-2-3-4-5-22-6-8-23(9-7-22)24-10-12-25(13-11-24)26-14-16-27(17-15-26)28-18-20-29(30)21-19-28/h14-17,22-25,28-29H,2-13,18-21,30H2,1H3. The lowest BCUT2D eigenvalue weighted by molar-refractivity contribution is 0.155. The molecule has 4 rings (SSSR count). The fourth-order valence-corrected chi connectivity index (χ4v) is 7.05. The molecule has 0 aliphatic heterocycles. The van der Waals surface area contributed by atoms with Gasteiger partial charge in [0.05, 0.1) is 0 Å². The summed E-state index contributed by atoms with van der Waals surface area (Å²) >= 11 is 0. The van der Waals surface area contributed by atoms with Crippen LogP contribution in [-0.4, -0.2) is 6.04 Å². The van der Waals surface area contributed by atoms with Gasteiger partial charge in [-0.3, -0.25) is 0 Å². The average Bonchev–Trinajstić information content (AvgIpc) is 2.81. The second-order valence-corrected chi connectivity index (χ2v) is 11.2. The lowest BCUT2D eigenvalue weighted by atomic mass is 9.68. The van der Waals surface area contributed by atoms with Gasteiger partial charge in [-0.1, -0.05) is 69.7 Å². The van der Waals surface area contributed by atoms with Crippen LogP contribution in [0.25, 0.3) is 0 Å². The van der Waals surface area contributed by atoms with E-state index >= 15 is 0 Å². The van der Waals surface area contributed by atoms with Crippen molar-refractivity contribution in [1.29, 1.82) is 0 Å². The third kappa shape index (κ3) is 5.90. The molecule has 0 atom stereocenters. The predicted octanol–water partition coefficient (Wildman–Crippen LogP) is 8.33. The molecule has 0 aromatic heterocycles. The van der Waals surface area contributed by atoms with Gasteiger partial charge < -0.3 is 5.73 Å². The summed E-state index contributed by atoms with van der Waals surface area (Å²) in [5.41, 5.74) is 9.27. The van der Waals surface area contributed by atoms with Crippen molar-refractivity contribution in [3.8, 4) is 0 Å². The lowest BCUT2D eigenvalue weighted by Crippen LogP contribution is -2.26. The number of benzene rings is 1. The van der Waals surface area contributed by atoms with Crippen molar-refractivity contribution in [1.82, 2.24) is 0 Å². The largest absolute Gasteiger partial charge is 0.328 e. The normalized spacial score (nSPS) is 35.3. The minimum Gasteiger partial charge on any atom is -0.328 e. The molecule has 1 aromatic rings. The van der Waals surface area contributed by atoms with E-state index in [9.17, 15) is 0 Å². The zero-order chi connectivity index (χ0) is 20.8. The van der Waals surface area contributed by atoms with E-state index in [2.05, 4.69) is 31.2 Å². The van der Waals surface area contributed by atoms with Crippen molar-refractivity contribution in [3.05, 3.63) is 35.4 Å². The Morgan fingerprint density at radius 3 is 1.60 bits per heavy atom. The Hall–Kier alpha value is -0.820. The first-order valence-corrected chi connectivity index (χ1v) is 13.6. The Bertz CT molecular complexity index is 596. The highest BCUT2D eigenvalue weighted by Crippen LogP contribution is 2.45. The highest BCUT2D eigenvalue weighted by atomic mass is 14.6. The molecule has 30 heavy (non-hydrogen) atoms. The predicted molar refractivity (Wildman–Crippen MR) is 130 cm³/mol. The monoisotopic (exact) mass is 409 g/mol. The maximum Gasteiger partial charge on any atom is 0.00392 e. The smallest absolute Gasteiger partial charge is 0.00392 e. The molecular formula is C29H47N. The summed E-state index contributed by atoms with van der Waals surface area (Å²) in [6, 6.07) is 10.3. The highest BCUT2D eigenvalue weighted by molar-refractivity contribution is 5.28. The van der Waals surface area contributed by atoms with Crippen LogP contribution in [0.2, 0.25) is 0 Å². The third-order valence-electron chi connectivity index (χ3n) is 9.20. The van der Waals surface area contributed by atoms with Gasteiger partial charge in [0.1, 0.15) is 0 Å². The van der Waals surface area contributed by atoms with Crippen LogP contribution in [0, 0.1) is 17.8 Å². The Morgan fingerprint density at radius 2 is 1.10 bits per heavy atom. The minimum atomic E-state index is 0.451. The van der Waals surface area contributed by atoms with Crippen molar-refractivity contribution >= 4 is 0 Å². The molecule has 0 heterocycles. The fraction of sp³-hybridized carbons (Fsp3) is 0.793. The number of nitrogens with two attached hydrogens (primary N) is 1. The van der Waals surface area contributed by atoms with Crippen LogP contribution in [0.4, 0.5) is 0 Å². The van der Waals surface area contributed by atoms with Gasteiger partial charge in [-0.25, -0.2) is 0 Å². The molecule has 3 aliphatic carbocycles. The van der Waals surface area contributed by atoms with Crippen LogP contribution in [0.1, 0.15) is 133 Å². The summed E-state index contributed by atoms with van der Waals surface area (Å²) in [6.07, 6.45) is 22.7. The summed E-state index contributed by atoms with van der Waals surface area (Å²) in [6.45, 7) is 2.33. The van der Waals surface area contributed by atoms with E-state index in [1.165, 1.54) is 103 Å². The molecule has 1 nitrogen and oxygen atoms in total. The minimum absolute atomic E-state index is 0.451. The first-order valence-electron chi connectivity index (χ1n) is 13.6. The van der Waals surface area contributed by atoms with Crippen molar-refractivity contribution in [2.75, 3.05) is 0 Å². The second-order valence-electron chi connectivity index (χ2n) is 11.2. The van der Waals surface area contributed by atoms with Gasteiger partial charge >= 0.3 is 0 Å². The molecule has 3 saturated carbocycles. The molecule has 1 heteroatoms. The zero-order valence-electron chi connectivity index (χ0n) is 19.7. The van der Waals surface area contributed by atoms with Crippen LogP contribution >= 0.6 is 0 Å². The molecular weight excluding hydrogens is 362 g/mol. The summed E-state index contributed by atoms with van der Waals surface area (Å²) < 4.78 is 0. The van der Waals surface area contributed by atoms with Gasteiger partial charge in [0.15, 0.2) is 0 Å². The third-order valence-corrected chi connectivity index (χ3v) is 9.20. The maximum absolute atomic E-state index is 6.09. The van der Waals surface area contributed by atoms with E-state index in [4.69, 9.17) is 5.73 Å². The molecule has 0 spiro atoms. The van der Waals surface area contributed by atoms with E-state index in [0.717, 1.165) is 29.6 Å². The van der Waals surface area contributed by atoms with Gasteiger partial charge in [0.2, 0.25) is 0 Å². The highest BCUT2D eigenvalue weighted by Gasteiger charge is 2.31. The molecule has 0 amide bonds. The van der Waals surface area contributed by atoms with E-state index in [1.807, 2.05) is 0 Å². The first-order chi connectivity index (χ1) is 14.7. The molecule has 168 valence electrons. The second kappa shape index (κ2) is 11.2. The SMILES string of the molecule is CCCCCC1CCC(C2CCC(c3ccc(C4CCC(N)CC4)cc3)CC2)CC1. The van der Waals surface area contributed by atoms with E-state index < -0.39 is 0 Å².